The van der Waals surface area contributed by atoms with Crippen LogP contribution in [0.3, 0.4) is 0 Å². The van der Waals surface area contributed by atoms with Gasteiger partial charge < -0.3 is 15.2 Å². The molecule has 2 N–H and O–H groups in total. The maximum Gasteiger partial charge on any atom is 0.404 e. The van der Waals surface area contributed by atoms with Crippen molar-refractivity contribution in [3.05, 3.63) is 12.3 Å². The van der Waals surface area contributed by atoms with Crippen LogP contribution in [0.1, 0.15) is 19.8 Å². The molecule has 1 aliphatic rings. The third-order valence-corrected chi connectivity index (χ3v) is 1.88. The number of carbonyl (C=O) groups is 1. The van der Waals surface area contributed by atoms with Crippen LogP contribution in [-0.4, -0.2) is 23.3 Å². The summed E-state index contributed by atoms with van der Waals surface area (Å²) in [6.07, 6.45) is 4.37. The van der Waals surface area contributed by atoms with Gasteiger partial charge >= 0.3 is 6.09 Å². The molecule has 0 aliphatic carbocycles. The van der Waals surface area contributed by atoms with Gasteiger partial charge in [0.1, 0.15) is 6.10 Å². The summed E-state index contributed by atoms with van der Waals surface area (Å²) in [5.74, 6) is 0. The fraction of sp³-hybridized carbons (Fsp3) is 0.625. The number of hydrogen-bond acceptors (Lipinski definition) is 2. The van der Waals surface area contributed by atoms with Gasteiger partial charge in [-0.15, -0.1) is 0 Å². The Morgan fingerprint density at radius 2 is 2.58 bits per heavy atom. The Hall–Kier alpha value is -1.19. The molecule has 2 atom stereocenters. The molecule has 0 saturated carbocycles. The maximum absolute atomic E-state index is 10.3. The van der Waals surface area contributed by atoms with E-state index in [-0.39, 0.29) is 12.1 Å². The molecule has 0 aromatic rings. The Balaban J connectivity index is 2.35. The molecule has 0 spiro atoms. The van der Waals surface area contributed by atoms with Gasteiger partial charge in [-0.3, -0.25) is 0 Å². The normalized spacial score (nSPS) is 24.2. The van der Waals surface area contributed by atoms with Crippen LogP contribution in [0.4, 0.5) is 4.79 Å². The van der Waals surface area contributed by atoms with Crippen LogP contribution in [0, 0.1) is 0 Å². The van der Waals surface area contributed by atoms with Gasteiger partial charge in [0.15, 0.2) is 0 Å². The van der Waals surface area contributed by atoms with Gasteiger partial charge in [0, 0.05) is 0 Å². The molecule has 0 aromatic heterocycles. The lowest BCUT2D eigenvalue weighted by atomic mass is 10.1. The zero-order valence-electron chi connectivity index (χ0n) is 6.99. The van der Waals surface area contributed by atoms with Crippen molar-refractivity contribution >= 4 is 6.09 Å². The molecule has 0 saturated heterocycles. The van der Waals surface area contributed by atoms with Crippen LogP contribution in [0.5, 0.6) is 0 Å². The van der Waals surface area contributed by atoms with Crippen LogP contribution in [0.15, 0.2) is 12.3 Å². The lowest BCUT2D eigenvalue weighted by Gasteiger charge is -2.25. The van der Waals surface area contributed by atoms with Crippen molar-refractivity contribution in [3.8, 4) is 0 Å². The molecule has 4 heteroatoms. The molecule has 1 aliphatic heterocycles. The molecule has 0 bridgehead atoms. The van der Waals surface area contributed by atoms with Gasteiger partial charge in [0.25, 0.3) is 0 Å². The van der Waals surface area contributed by atoms with E-state index in [0.29, 0.717) is 0 Å². The standard InChI is InChI=1S/C8H13NO3/c1-6(9-8(10)11)7-4-2-3-5-12-7/h3,5-7,9H,2,4H2,1H3,(H,10,11)/t6-,7+/m1/s1. The van der Waals surface area contributed by atoms with Gasteiger partial charge in [0.05, 0.1) is 12.3 Å². The molecular weight excluding hydrogens is 158 g/mol. The van der Waals surface area contributed by atoms with Gasteiger partial charge in [-0.1, -0.05) is 0 Å². The highest BCUT2D eigenvalue weighted by Crippen LogP contribution is 2.13. The zero-order valence-corrected chi connectivity index (χ0v) is 6.99. The average molecular weight is 171 g/mol. The Morgan fingerprint density at radius 3 is 3.08 bits per heavy atom. The minimum Gasteiger partial charge on any atom is -0.496 e. The molecule has 1 amide bonds. The quantitative estimate of drug-likeness (QED) is 0.659. The monoisotopic (exact) mass is 171 g/mol. The van der Waals surface area contributed by atoms with E-state index in [1.54, 1.807) is 13.2 Å². The first-order valence-electron chi connectivity index (χ1n) is 4.00. The van der Waals surface area contributed by atoms with Crippen LogP contribution in [-0.2, 0) is 4.74 Å². The number of carboxylic acid groups (broad SMARTS) is 1. The van der Waals surface area contributed by atoms with Crippen molar-refractivity contribution in [2.75, 3.05) is 0 Å². The number of allylic oxidation sites excluding steroid dienone is 1. The second-order valence-electron chi connectivity index (χ2n) is 2.86. The summed E-state index contributed by atoms with van der Waals surface area (Å²) in [6.45, 7) is 1.80. The van der Waals surface area contributed by atoms with Crippen molar-refractivity contribution in [2.45, 2.75) is 31.9 Å². The second-order valence-corrected chi connectivity index (χ2v) is 2.86. The van der Waals surface area contributed by atoms with Crippen molar-refractivity contribution in [1.82, 2.24) is 5.32 Å². The van der Waals surface area contributed by atoms with Gasteiger partial charge in [-0.05, 0) is 25.8 Å². The second kappa shape index (κ2) is 3.99. The minimum atomic E-state index is -0.999. The molecule has 1 rings (SSSR count). The van der Waals surface area contributed by atoms with Crippen LogP contribution < -0.4 is 5.32 Å². The van der Waals surface area contributed by atoms with Crippen molar-refractivity contribution in [2.24, 2.45) is 0 Å². The number of nitrogens with one attached hydrogen (secondary N) is 1. The highest BCUT2D eigenvalue weighted by Gasteiger charge is 2.20. The minimum absolute atomic E-state index is 0.0221. The highest BCUT2D eigenvalue weighted by molar-refractivity contribution is 5.64. The van der Waals surface area contributed by atoms with Crippen LogP contribution in [0.25, 0.3) is 0 Å². The first-order chi connectivity index (χ1) is 5.70. The van der Waals surface area contributed by atoms with E-state index in [2.05, 4.69) is 5.32 Å². The van der Waals surface area contributed by atoms with Gasteiger partial charge in [-0.25, -0.2) is 4.79 Å². The Morgan fingerprint density at radius 1 is 1.83 bits per heavy atom. The lowest BCUT2D eigenvalue weighted by molar-refractivity contribution is 0.0894. The molecule has 0 fully saturated rings. The molecule has 12 heavy (non-hydrogen) atoms. The van der Waals surface area contributed by atoms with E-state index in [1.165, 1.54) is 0 Å². The summed E-state index contributed by atoms with van der Waals surface area (Å²) >= 11 is 0. The number of ether oxygens (including phenoxy) is 1. The van der Waals surface area contributed by atoms with Gasteiger partial charge in [-0.2, -0.15) is 0 Å². The third kappa shape index (κ3) is 2.45. The third-order valence-electron chi connectivity index (χ3n) is 1.88. The molecular formula is C8H13NO3. The predicted molar refractivity (Wildman–Crippen MR) is 43.9 cm³/mol. The van der Waals surface area contributed by atoms with Crippen molar-refractivity contribution < 1.29 is 14.6 Å². The van der Waals surface area contributed by atoms with E-state index in [0.717, 1.165) is 12.8 Å². The first kappa shape index (κ1) is 8.90. The Bertz CT molecular complexity index is 191. The highest BCUT2D eigenvalue weighted by atomic mass is 16.5. The summed E-state index contributed by atoms with van der Waals surface area (Å²) < 4.78 is 5.23. The summed E-state index contributed by atoms with van der Waals surface area (Å²) in [6, 6.07) is -0.146. The molecule has 1 heterocycles. The Labute approximate surface area is 71.2 Å². The van der Waals surface area contributed by atoms with Crippen molar-refractivity contribution in [1.29, 1.82) is 0 Å². The average Bonchev–Trinajstić information content (AvgIpc) is 2.05. The zero-order chi connectivity index (χ0) is 8.97. The topological polar surface area (TPSA) is 58.6 Å². The number of hydrogen-bond donors (Lipinski definition) is 2. The molecule has 4 nitrogen and oxygen atoms in total. The van der Waals surface area contributed by atoms with E-state index in [9.17, 15) is 4.79 Å². The number of rotatable bonds is 2. The fourth-order valence-electron chi connectivity index (χ4n) is 1.21. The molecule has 0 radical (unpaired) electrons. The number of amides is 1. The summed E-state index contributed by atoms with van der Waals surface area (Å²) in [5.41, 5.74) is 0. The van der Waals surface area contributed by atoms with E-state index < -0.39 is 6.09 Å². The van der Waals surface area contributed by atoms with E-state index in [1.807, 2.05) is 6.08 Å². The van der Waals surface area contributed by atoms with Crippen LogP contribution in [0.2, 0.25) is 0 Å². The first-order valence-corrected chi connectivity index (χ1v) is 4.00. The van der Waals surface area contributed by atoms with E-state index in [4.69, 9.17) is 9.84 Å². The molecule has 68 valence electrons. The van der Waals surface area contributed by atoms with E-state index >= 15 is 0 Å². The predicted octanol–water partition coefficient (Wildman–Crippen LogP) is 1.34. The summed E-state index contributed by atoms with van der Waals surface area (Å²) in [7, 11) is 0. The van der Waals surface area contributed by atoms with Crippen molar-refractivity contribution in [3.63, 3.8) is 0 Å². The SMILES string of the molecule is C[C@@H](NC(=O)O)[C@@H]1CCC=CO1. The molecule has 0 aromatic carbocycles. The summed E-state index contributed by atoms with van der Waals surface area (Å²) in [5, 5.41) is 10.8. The lowest BCUT2D eigenvalue weighted by Crippen LogP contribution is -2.41. The maximum atomic E-state index is 10.3. The molecule has 0 unspecified atom stereocenters. The summed E-state index contributed by atoms with van der Waals surface area (Å²) in [4.78, 5) is 10.3. The largest absolute Gasteiger partial charge is 0.496 e. The van der Waals surface area contributed by atoms with Crippen LogP contribution >= 0.6 is 0 Å². The fourth-order valence-corrected chi connectivity index (χ4v) is 1.21. The van der Waals surface area contributed by atoms with Gasteiger partial charge in [0.2, 0.25) is 0 Å². The smallest absolute Gasteiger partial charge is 0.404 e. The Kier molecular flexibility index (Phi) is 2.96.